The molecule has 3 nitrogen and oxygen atoms in total. The van der Waals surface area contributed by atoms with Crippen LogP contribution >= 0.6 is 0 Å². The number of benzene rings is 7. The summed E-state index contributed by atoms with van der Waals surface area (Å²) in [5, 5.41) is 4.52. The van der Waals surface area contributed by atoms with Gasteiger partial charge in [0.2, 0.25) is 0 Å². The molecule has 3 heteroatoms. The molecule has 0 spiro atoms. The average Bonchev–Trinajstić information content (AvgIpc) is 3.83. The summed E-state index contributed by atoms with van der Waals surface area (Å²) < 4.78 is 13.0. The number of fused-ring (bicyclic) bond motifs is 9. The van der Waals surface area contributed by atoms with Crippen LogP contribution in [0.2, 0.25) is 0 Å². The lowest BCUT2D eigenvalue weighted by molar-refractivity contribution is 0.639. The van der Waals surface area contributed by atoms with Crippen molar-refractivity contribution in [1.29, 1.82) is 0 Å². The van der Waals surface area contributed by atoms with Crippen LogP contribution in [0.3, 0.4) is 0 Å². The van der Waals surface area contributed by atoms with Gasteiger partial charge in [0, 0.05) is 43.8 Å². The molecule has 0 N–H and O–H groups in total. The van der Waals surface area contributed by atoms with Gasteiger partial charge in [0.15, 0.2) is 0 Å². The van der Waals surface area contributed by atoms with Crippen LogP contribution in [0.5, 0.6) is 0 Å². The highest BCUT2D eigenvalue weighted by molar-refractivity contribution is 6.11. The third-order valence-electron chi connectivity index (χ3n) is 12.4. The van der Waals surface area contributed by atoms with Gasteiger partial charge in [0.05, 0.1) is 11.4 Å². The van der Waals surface area contributed by atoms with Gasteiger partial charge in [-0.1, -0.05) is 147 Å². The predicted molar refractivity (Wildman–Crippen MR) is 240 cm³/mol. The van der Waals surface area contributed by atoms with Gasteiger partial charge in [-0.05, 0) is 94.4 Å². The van der Waals surface area contributed by atoms with Crippen LogP contribution in [0.1, 0.15) is 43.0 Å². The summed E-state index contributed by atoms with van der Waals surface area (Å²) in [6.07, 6.45) is 10.6. The smallest absolute Gasteiger partial charge is 0.143 e. The molecule has 57 heavy (non-hydrogen) atoms. The van der Waals surface area contributed by atoms with Crippen LogP contribution in [-0.2, 0) is 5.41 Å². The number of allylic oxidation sites excluding steroid dienone is 5. The van der Waals surface area contributed by atoms with Gasteiger partial charge < -0.3 is 13.7 Å². The van der Waals surface area contributed by atoms with Crippen molar-refractivity contribution in [2.75, 3.05) is 4.90 Å². The van der Waals surface area contributed by atoms with E-state index in [0.717, 1.165) is 94.3 Å². The maximum Gasteiger partial charge on any atom is 0.143 e. The zero-order chi connectivity index (χ0) is 38.4. The molecule has 0 radical (unpaired) electrons. The van der Waals surface area contributed by atoms with E-state index in [1.165, 1.54) is 22.3 Å². The van der Waals surface area contributed by atoms with E-state index in [1.807, 2.05) is 36.4 Å². The van der Waals surface area contributed by atoms with Crippen LogP contribution in [0.15, 0.2) is 179 Å². The molecule has 11 rings (SSSR count). The second-order valence-corrected chi connectivity index (χ2v) is 15.8. The Morgan fingerprint density at radius 1 is 0.561 bits per heavy atom. The first kappa shape index (κ1) is 33.3. The maximum atomic E-state index is 6.51. The van der Waals surface area contributed by atoms with Gasteiger partial charge in [-0.2, -0.15) is 0 Å². The molecule has 2 aliphatic rings. The molecule has 0 amide bonds. The van der Waals surface area contributed by atoms with Crippen molar-refractivity contribution in [3.8, 4) is 22.3 Å². The molecule has 2 aromatic heterocycles. The van der Waals surface area contributed by atoms with E-state index in [1.54, 1.807) is 0 Å². The SMILES string of the molecule is C=C/C=C\C1=C(C)C(C)(C)c2cc(N3c4ccc(-c5cccc6c5oc5ccccc56)cc4C=Cc4cc(-c5cccc6c5oc5ccccc56)ccc43)ccc21. The molecule has 7 aromatic carbocycles. The van der Waals surface area contributed by atoms with E-state index >= 15 is 0 Å². The predicted octanol–water partition coefficient (Wildman–Crippen LogP) is 15.6. The van der Waals surface area contributed by atoms with Crippen LogP contribution in [0.4, 0.5) is 17.1 Å². The second-order valence-electron chi connectivity index (χ2n) is 15.8. The fourth-order valence-corrected chi connectivity index (χ4v) is 9.20. The maximum absolute atomic E-state index is 6.51. The van der Waals surface area contributed by atoms with Crippen LogP contribution in [0, 0.1) is 0 Å². The number of rotatable bonds is 5. The Morgan fingerprint density at radius 3 is 1.67 bits per heavy atom. The Bertz CT molecular complexity index is 3080. The molecule has 0 unspecified atom stereocenters. The lowest BCUT2D eigenvalue weighted by atomic mass is 9.81. The first-order chi connectivity index (χ1) is 27.9. The summed E-state index contributed by atoms with van der Waals surface area (Å²) in [4.78, 5) is 2.44. The first-order valence-corrected chi connectivity index (χ1v) is 19.6. The highest BCUT2D eigenvalue weighted by Gasteiger charge is 2.35. The molecule has 1 aliphatic carbocycles. The largest absolute Gasteiger partial charge is 0.455 e. The molecule has 0 saturated carbocycles. The quantitative estimate of drug-likeness (QED) is 0.165. The number of anilines is 3. The van der Waals surface area contributed by atoms with E-state index in [2.05, 4.69) is 166 Å². The zero-order valence-electron chi connectivity index (χ0n) is 32.1. The minimum absolute atomic E-state index is 0.133. The Labute approximate surface area is 331 Å². The molecule has 3 heterocycles. The summed E-state index contributed by atoms with van der Waals surface area (Å²) in [7, 11) is 0. The van der Waals surface area contributed by atoms with Crippen LogP contribution < -0.4 is 4.90 Å². The highest BCUT2D eigenvalue weighted by atomic mass is 16.3. The topological polar surface area (TPSA) is 29.5 Å². The molecular formula is C54H39NO2. The normalized spacial score (nSPS) is 14.5. The van der Waals surface area contributed by atoms with Crippen LogP contribution in [-0.4, -0.2) is 0 Å². The van der Waals surface area contributed by atoms with Gasteiger partial charge in [0.1, 0.15) is 22.3 Å². The van der Waals surface area contributed by atoms with E-state index in [-0.39, 0.29) is 5.41 Å². The number of para-hydroxylation sites is 4. The Hall–Kier alpha value is -7.10. The van der Waals surface area contributed by atoms with E-state index < -0.39 is 0 Å². The lowest BCUT2D eigenvalue weighted by Gasteiger charge is -2.30. The number of hydrogen-bond donors (Lipinski definition) is 0. The highest BCUT2D eigenvalue weighted by Crippen LogP contribution is 2.51. The third-order valence-corrected chi connectivity index (χ3v) is 12.4. The summed E-state index contributed by atoms with van der Waals surface area (Å²) in [5.74, 6) is 0. The molecule has 1 aliphatic heterocycles. The van der Waals surface area contributed by atoms with E-state index in [9.17, 15) is 0 Å². The molecule has 0 atom stereocenters. The number of furan rings is 2. The minimum atomic E-state index is -0.133. The van der Waals surface area contributed by atoms with Crippen molar-refractivity contribution in [3.63, 3.8) is 0 Å². The van der Waals surface area contributed by atoms with Gasteiger partial charge in [-0.25, -0.2) is 0 Å². The summed E-state index contributed by atoms with van der Waals surface area (Å²) in [6.45, 7) is 10.9. The van der Waals surface area contributed by atoms with Crippen molar-refractivity contribution in [2.45, 2.75) is 26.2 Å². The Morgan fingerprint density at radius 2 is 1.11 bits per heavy atom. The third kappa shape index (κ3) is 4.98. The van der Waals surface area contributed by atoms with E-state index in [0.29, 0.717) is 0 Å². The second kappa shape index (κ2) is 12.5. The molecular weight excluding hydrogens is 695 g/mol. The summed E-state index contributed by atoms with van der Waals surface area (Å²) >= 11 is 0. The van der Waals surface area contributed by atoms with Crippen molar-refractivity contribution >= 4 is 78.7 Å². The Kier molecular flexibility index (Phi) is 7.27. The average molecular weight is 734 g/mol. The van der Waals surface area contributed by atoms with Gasteiger partial charge in [-0.3, -0.25) is 0 Å². The molecule has 9 aromatic rings. The Balaban J connectivity index is 1.10. The zero-order valence-corrected chi connectivity index (χ0v) is 32.1. The minimum Gasteiger partial charge on any atom is -0.455 e. The summed E-state index contributed by atoms with van der Waals surface area (Å²) in [5.41, 5.74) is 18.7. The van der Waals surface area contributed by atoms with Crippen molar-refractivity contribution < 1.29 is 8.83 Å². The number of nitrogens with zero attached hydrogens (tertiary/aromatic N) is 1. The lowest BCUT2D eigenvalue weighted by Crippen LogP contribution is -2.17. The van der Waals surface area contributed by atoms with Crippen molar-refractivity contribution in [2.24, 2.45) is 0 Å². The van der Waals surface area contributed by atoms with Crippen LogP contribution in [0.25, 0.3) is 83.9 Å². The standard InChI is InChI=1S/C54H39NO2/c1-5-6-13-39-33(2)54(3,4)47-32-38(26-27-42(39)47)55-48-28-24-34(40-16-11-18-45-43-14-7-9-20-50(43)56-52(40)45)30-36(48)22-23-37-31-35(25-29-49(37)55)41-17-12-19-46-44-15-8-10-21-51(44)57-53(41)46/h5-32H,1H2,2-4H3/b13-6-. The van der Waals surface area contributed by atoms with E-state index in [4.69, 9.17) is 8.83 Å². The van der Waals surface area contributed by atoms with Gasteiger partial charge in [-0.15, -0.1) is 0 Å². The molecule has 0 saturated heterocycles. The fraction of sp³-hybridized carbons (Fsp3) is 0.0741. The summed E-state index contributed by atoms with van der Waals surface area (Å²) in [6, 6.07) is 50.1. The molecule has 272 valence electrons. The van der Waals surface area contributed by atoms with Crippen molar-refractivity contribution in [3.05, 3.63) is 192 Å². The monoisotopic (exact) mass is 733 g/mol. The fourth-order valence-electron chi connectivity index (χ4n) is 9.20. The van der Waals surface area contributed by atoms with Crippen molar-refractivity contribution in [1.82, 2.24) is 0 Å². The van der Waals surface area contributed by atoms with Gasteiger partial charge >= 0.3 is 0 Å². The first-order valence-electron chi connectivity index (χ1n) is 19.6. The molecule has 0 fully saturated rings. The molecule has 0 bridgehead atoms. The number of hydrogen-bond acceptors (Lipinski definition) is 3. The van der Waals surface area contributed by atoms with Gasteiger partial charge in [0.25, 0.3) is 0 Å².